The van der Waals surface area contributed by atoms with Gasteiger partial charge in [0.1, 0.15) is 0 Å². The number of benzene rings is 2. The Morgan fingerprint density at radius 2 is 1.74 bits per heavy atom. The lowest BCUT2D eigenvalue weighted by molar-refractivity contribution is -0.137. The average molecular weight is 341 g/mol. The molecule has 0 amide bonds. The van der Waals surface area contributed by atoms with Crippen LogP contribution in [0.5, 0.6) is 5.88 Å². The van der Waals surface area contributed by atoms with Gasteiger partial charge in [0.15, 0.2) is 0 Å². The van der Waals surface area contributed by atoms with Gasteiger partial charge in [0.2, 0.25) is 5.88 Å². The quantitative estimate of drug-likeness (QED) is 0.547. The van der Waals surface area contributed by atoms with E-state index < -0.39 is 19.3 Å². The molecule has 1 unspecified atom stereocenters. The van der Waals surface area contributed by atoms with Crippen LogP contribution in [-0.4, -0.2) is 16.5 Å². The number of halogens is 3. The molecular weight excluding hydrogens is 330 g/mol. The van der Waals surface area contributed by atoms with Gasteiger partial charge in [0.25, 0.3) is 0 Å². The highest BCUT2D eigenvalue weighted by molar-refractivity contribution is 7.52. The fourth-order valence-corrected chi connectivity index (χ4v) is 2.79. The SMILES string of the molecule is CP(=O)(O)Oc1nc2cc(C(F)(F)F)ccc2c2ccccc12. The molecule has 0 fully saturated rings. The van der Waals surface area contributed by atoms with Crippen molar-refractivity contribution in [3.05, 3.63) is 48.0 Å². The van der Waals surface area contributed by atoms with Crippen molar-refractivity contribution in [1.29, 1.82) is 0 Å². The smallest absolute Gasteiger partial charge is 0.405 e. The Labute approximate surface area is 129 Å². The van der Waals surface area contributed by atoms with Gasteiger partial charge in [-0.3, -0.25) is 0 Å². The maximum Gasteiger partial charge on any atom is 0.416 e. The number of alkyl halides is 3. The molecule has 3 aromatic rings. The van der Waals surface area contributed by atoms with Gasteiger partial charge in [-0.05, 0) is 23.6 Å². The molecule has 0 radical (unpaired) electrons. The second-order valence-corrected chi connectivity index (χ2v) is 6.88. The highest BCUT2D eigenvalue weighted by Crippen LogP contribution is 2.42. The third kappa shape index (κ3) is 3.16. The summed E-state index contributed by atoms with van der Waals surface area (Å²) in [7, 11) is -3.90. The third-order valence-corrected chi connectivity index (χ3v) is 3.76. The van der Waals surface area contributed by atoms with E-state index >= 15 is 0 Å². The van der Waals surface area contributed by atoms with Crippen LogP contribution in [0.1, 0.15) is 5.56 Å². The van der Waals surface area contributed by atoms with Crippen molar-refractivity contribution >= 4 is 29.3 Å². The Hall–Kier alpha value is -2.11. The molecule has 0 bridgehead atoms. The molecule has 1 N–H and O–H groups in total. The predicted molar refractivity (Wildman–Crippen MR) is 80.6 cm³/mol. The number of hydrogen-bond acceptors (Lipinski definition) is 3. The molecule has 120 valence electrons. The van der Waals surface area contributed by atoms with Gasteiger partial charge < -0.3 is 9.42 Å². The zero-order valence-corrected chi connectivity index (χ0v) is 12.7. The molecule has 1 aromatic heterocycles. The minimum absolute atomic E-state index is 0.0435. The number of fused-ring (bicyclic) bond motifs is 3. The van der Waals surface area contributed by atoms with Crippen molar-refractivity contribution in [2.75, 3.05) is 6.66 Å². The van der Waals surface area contributed by atoms with Crippen molar-refractivity contribution in [3.8, 4) is 5.88 Å². The normalized spacial score (nSPS) is 14.8. The van der Waals surface area contributed by atoms with E-state index in [0.29, 0.717) is 16.2 Å². The Morgan fingerprint density at radius 3 is 2.35 bits per heavy atom. The summed E-state index contributed by atoms with van der Waals surface area (Å²) in [5, 5.41) is 1.55. The van der Waals surface area contributed by atoms with E-state index in [1.165, 1.54) is 6.07 Å². The molecule has 0 aliphatic carbocycles. The van der Waals surface area contributed by atoms with E-state index in [0.717, 1.165) is 18.8 Å². The van der Waals surface area contributed by atoms with Gasteiger partial charge in [-0.1, -0.05) is 24.3 Å². The first kappa shape index (κ1) is 15.8. The van der Waals surface area contributed by atoms with Crippen LogP contribution in [-0.2, 0) is 10.7 Å². The monoisotopic (exact) mass is 341 g/mol. The van der Waals surface area contributed by atoms with Gasteiger partial charge in [0.05, 0.1) is 11.1 Å². The van der Waals surface area contributed by atoms with E-state index in [4.69, 9.17) is 4.52 Å². The van der Waals surface area contributed by atoms with E-state index in [1.807, 2.05) is 0 Å². The highest BCUT2D eigenvalue weighted by Gasteiger charge is 2.31. The average Bonchev–Trinajstić information content (AvgIpc) is 2.44. The maximum absolute atomic E-state index is 12.9. The number of nitrogens with zero attached hydrogens (tertiary/aromatic N) is 1. The van der Waals surface area contributed by atoms with Crippen LogP contribution in [0.25, 0.3) is 21.7 Å². The Morgan fingerprint density at radius 1 is 1.09 bits per heavy atom. The third-order valence-electron chi connectivity index (χ3n) is 3.25. The van der Waals surface area contributed by atoms with Gasteiger partial charge in [-0.15, -0.1) is 0 Å². The summed E-state index contributed by atoms with van der Waals surface area (Å²) in [4.78, 5) is 13.4. The standard InChI is InChI=1S/C15H11F3NO3P/c1-23(20,21)22-14-12-5-3-2-4-10(12)11-7-6-9(15(16,17)18)8-13(11)19-14/h2-8H,1H3,(H,20,21). The number of aromatic nitrogens is 1. The topological polar surface area (TPSA) is 59.4 Å². The van der Waals surface area contributed by atoms with Gasteiger partial charge >= 0.3 is 13.8 Å². The van der Waals surface area contributed by atoms with E-state index in [1.54, 1.807) is 24.3 Å². The number of hydrogen-bond donors (Lipinski definition) is 1. The molecule has 0 saturated carbocycles. The van der Waals surface area contributed by atoms with Crippen LogP contribution in [0, 0.1) is 0 Å². The molecule has 8 heteroatoms. The van der Waals surface area contributed by atoms with Crippen molar-refractivity contribution < 1.29 is 27.2 Å². The molecule has 2 aromatic carbocycles. The highest BCUT2D eigenvalue weighted by atomic mass is 31.2. The lowest BCUT2D eigenvalue weighted by Crippen LogP contribution is -2.05. The molecule has 1 atom stereocenters. The molecule has 3 rings (SSSR count). The summed E-state index contributed by atoms with van der Waals surface area (Å²) < 4.78 is 55.0. The van der Waals surface area contributed by atoms with Crippen LogP contribution in [0.2, 0.25) is 0 Å². The second kappa shape index (κ2) is 5.22. The summed E-state index contributed by atoms with van der Waals surface area (Å²) in [6, 6.07) is 9.93. The first-order chi connectivity index (χ1) is 10.6. The number of pyridine rings is 1. The van der Waals surface area contributed by atoms with E-state index in [-0.39, 0.29) is 11.4 Å². The lowest BCUT2D eigenvalue weighted by atomic mass is 10.0. The van der Waals surface area contributed by atoms with E-state index in [2.05, 4.69) is 4.98 Å². The van der Waals surface area contributed by atoms with Crippen LogP contribution < -0.4 is 4.52 Å². The molecule has 4 nitrogen and oxygen atoms in total. The minimum atomic E-state index is -4.50. The van der Waals surface area contributed by atoms with Crippen LogP contribution >= 0.6 is 7.60 Å². The fourth-order valence-electron chi connectivity index (χ4n) is 2.33. The van der Waals surface area contributed by atoms with Crippen molar-refractivity contribution in [1.82, 2.24) is 4.98 Å². The van der Waals surface area contributed by atoms with Gasteiger partial charge in [-0.2, -0.15) is 13.2 Å². The first-order valence-electron chi connectivity index (χ1n) is 6.55. The summed E-state index contributed by atoms with van der Waals surface area (Å²) in [6.07, 6.45) is -4.50. The van der Waals surface area contributed by atoms with Crippen molar-refractivity contribution in [2.45, 2.75) is 6.18 Å². The fraction of sp³-hybridized carbons (Fsp3) is 0.133. The summed E-state index contributed by atoms with van der Waals surface area (Å²) in [6.45, 7) is 0.986. The lowest BCUT2D eigenvalue weighted by Gasteiger charge is -2.13. The zero-order valence-electron chi connectivity index (χ0n) is 11.8. The largest absolute Gasteiger partial charge is 0.416 e. The zero-order chi connectivity index (χ0) is 16.8. The maximum atomic E-state index is 12.9. The summed E-state index contributed by atoms with van der Waals surface area (Å²) in [5.41, 5.74) is -0.801. The van der Waals surface area contributed by atoms with E-state index in [9.17, 15) is 22.6 Å². The van der Waals surface area contributed by atoms with Crippen molar-refractivity contribution in [3.63, 3.8) is 0 Å². The minimum Gasteiger partial charge on any atom is -0.405 e. The molecule has 1 heterocycles. The van der Waals surface area contributed by atoms with Gasteiger partial charge in [0, 0.05) is 17.4 Å². The Bertz CT molecular complexity index is 950. The van der Waals surface area contributed by atoms with Crippen LogP contribution in [0.3, 0.4) is 0 Å². The molecule has 23 heavy (non-hydrogen) atoms. The number of rotatable bonds is 2. The van der Waals surface area contributed by atoms with Gasteiger partial charge in [-0.25, -0.2) is 9.55 Å². The Kier molecular flexibility index (Phi) is 3.58. The predicted octanol–water partition coefficient (Wildman–Crippen LogP) is 4.60. The summed E-state index contributed by atoms with van der Waals surface area (Å²) >= 11 is 0. The molecular formula is C15H11F3NO3P. The molecule has 0 aliphatic rings. The molecule has 0 spiro atoms. The first-order valence-corrected chi connectivity index (χ1v) is 8.57. The van der Waals surface area contributed by atoms with Crippen molar-refractivity contribution in [2.24, 2.45) is 0 Å². The molecule has 0 aliphatic heterocycles. The second-order valence-electron chi connectivity index (χ2n) is 5.09. The van der Waals surface area contributed by atoms with Crippen LogP contribution in [0.15, 0.2) is 42.5 Å². The summed E-state index contributed by atoms with van der Waals surface area (Å²) in [5.74, 6) is -0.166. The molecule has 0 saturated heterocycles. The van der Waals surface area contributed by atoms with Crippen LogP contribution in [0.4, 0.5) is 13.2 Å². The Balaban J connectivity index is 2.34.